The first kappa shape index (κ1) is 13.0. The second-order valence-corrected chi connectivity index (χ2v) is 3.79. The molecule has 0 aliphatic carbocycles. The Hall–Kier alpha value is -2.02. The van der Waals surface area contributed by atoms with E-state index in [1.807, 2.05) is 44.2 Å². The number of rotatable bonds is 4. The van der Waals surface area contributed by atoms with Crippen LogP contribution in [0.4, 0.5) is 10.5 Å². The van der Waals surface area contributed by atoms with Crippen molar-refractivity contribution in [2.75, 3.05) is 18.4 Å². The summed E-state index contributed by atoms with van der Waals surface area (Å²) in [6, 6.07) is 9.52. The molecule has 0 radical (unpaired) electrons. The van der Waals surface area contributed by atoms with Gasteiger partial charge in [-0.2, -0.15) is 5.26 Å². The van der Waals surface area contributed by atoms with E-state index in [1.54, 1.807) is 4.90 Å². The third-order valence-electron chi connectivity index (χ3n) is 2.43. The molecule has 0 heterocycles. The van der Waals surface area contributed by atoms with Gasteiger partial charge in [0.15, 0.2) is 0 Å². The SMILES string of the molecule is CCN(CCC#N)C(=O)Nc1cccc(C)c1. The topological polar surface area (TPSA) is 56.1 Å². The summed E-state index contributed by atoms with van der Waals surface area (Å²) in [4.78, 5) is 13.5. The number of aryl methyl sites for hydroxylation is 1. The molecule has 0 fully saturated rings. The average molecular weight is 231 g/mol. The smallest absolute Gasteiger partial charge is 0.321 e. The first-order valence-corrected chi connectivity index (χ1v) is 5.67. The van der Waals surface area contributed by atoms with Gasteiger partial charge in [0.25, 0.3) is 0 Å². The van der Waals surface area contributed by atoms with Crippen LogP contribution in [0.15, 0.2) is 24.3 Å². The maximum Gasteiger partial charge on any atom is 0.321 e. The molecule has 4 heteroatoms. The van der Waals surface area contributed by atoms with Gasteiger partial charge in [-0.25, -0.2) is 4.79 Å². The summed E-state index contributed by atoms with van der Waals surface area (Å²) in [5.41, 5.74) is 1.88. The number of nitriles is 1. The van der Waals surface area contributed by atoms with Gasteiger partial charge in [0.2, 0.25) is 0 Å². The van der Waals surface area contributed by atoms with Crippen molar-refractivity contribution in [1.82, 2.24) is 4.90 Å². The molecule has 1 rings (SSSR count). The third kappa shape index (κ3) is 4.15. The van der Waals surface area contributed by atoms with E-state index in [2.05, 4.69) is 5.32 Å². The number of benzene rings is 1. The van der Waals surface area contributed by atoms with E-state index in [0.717, 1.165) is 11.3 Å². The van der Waals surface area contributed by atoms with Gasteiger partial charge < -0.3 is 10.2 Å². The molecule has 0 aromatic heterocycles. The zero-order valence-corrected chi connectivity index (χ0v) is 10.2. The highest BCUT2D eigenvalue weighted by molar-refractivity contribution is 5.89. The third-order valence-corrected chi connectivity index (χ3v) is 2.43. The normalized spacial score (nSPS) is 9.47. The fourth-order valence-corrected chi connectivity index (χ4v) is 1.51. The summed E-state index contributed by atoms with van der Waals surface area (Å²) in [5, 5.41) is 11.3. The van der Waals surface area contributed by atoms with Crippen molar-refractivity contribution in [2.45, 2.75) is 20.3 Å². The number of hydrogen-bond acceptors (Lipinski definition) is 2. The van der Waals surface area contributed by atoms with Crippen LogP contribution in [0.25, 0.3) is 0 Å². The van der Waals surface area contributed by atoms with Crippen LogP contribution in [0.2, 0.25) is 0 Å². The van der Waals surface area contributed by atoms with E-state index in [-0.39, 0.29) is 6.03 Å². The zero-order valence-electron chi connectivity index (χ0n) is 10.2. The fourth-order valence-electron chi connectivity index (χ4n) is 1.51. The Morgan fingerprint density at radius 2 is 2.29 bits per heavy atom. The molecule has 0 bridgehead atoms. The van der Waals surface area contributed by atoms with Crippen molar-refractivity contribution in [3.05, 3.63) is 29.8 Å². The number of amides is 2. The van der Waals surface area contributed by atoms with E-state index >= 15 is 0 Å². The zero-order chi connectivity index (χ0) is 12.7. The van der Waals surface area contributed by atoms with Gasteiger partial charge in [-0.15, -0.1) is 0 Å². The first-order valence-electron chi connectivity index (χ1n) is 5.67. The van der Waals surface area contributed by atoms with Crippen LogP contribution >= 0.6 is 0 Å². The standard InChI is InChI=1S/C13H17N3O/c1-3-16(9-5-8-14)13(17)15-12-7-4-6-11(2)10-12/h4,6-7,10H,3,5,9H2,1-2H3,(H,15,17). The van der Waals surface area contributed by atoms with Crippen LogP contribution < -0.4 is 5.32 Å². The molecular formula is C13H17N3O. The number of urea groups is 1. The Kier molecular flexibility index (Phi) is 5.02. The molecule has 0 saturated carbocycles. The molecule has 1 aromatic rings. The second kappa shape index (κ2) is 6.54. The lowest BCUT2D eigenvalue weighted by atomic mass is 10.2. The minimum absolute atomic E-state index is 0.159. The average Bonchev–Trinajstić information content (AvgIpc) is 2.30. The van der Waals surface area contributed by atoms with E-state index < -0.39 is 0 Å². The predicted molar refractivity (Wildman–Crippen MR) is 67.7 cm³/mol. The molecule has 2 amide bonds. The van der Waals surface area contributed by atoms with Crippen LogP contribution in [0.1, 0.15) is 18.9 Å². The summed E-state index contributed by atoms with van der Waals surface area (Å²) in [5.74, 6) is 0. The lowest BCUT2D eigenvalue weighted by molar-refractivity contribution is 0.215. The predicted octanol–water partition coefficient (Wildman–Crippen LogP) is 2.76. The lowest BCUT2D eigenvalue weighted by Crippen LogP contribution is -2.35. The van der Waals surface area contributed by atoms with Crippen molar-refractivity contribution < 1.29 is 4.79 Å². The van der Waals surface area contributed by atoms with Crippen LogP contribution in [0.5, 0.6) is 0 Å². The van der Waals surface area contributed by atoms with Gasteiger partial charge in [-0.3, -0.25) is 0 Å². The van der Waals surface area contributed by atoms with E-state index in [9.17, 15) is 4.79 Å². The van der Waals surface area contributed by atoms with Crippen LogP contribution in [-0.4, -0.2) is 24.0 Å². The first-order chi connectivity index (χ1) is 8.17. The van der Waals surface area contributed by atoms with Crippen LogP contribution in [0.3, 0.4) is 0 Å². The van der Waals surface area contributed by atoms with Gasteiger partial charge in [0, 0.05) is 18.8 Å². The molecule has 17 heavy (non-hydrogen) atoms. The minimum atomic E-state index is -0.159. The van der Waals surface area contributed by atoms with Gasteiger partial charge in [-0.1, -0.05) is 12.1 Å². The number of anilines is 1. The molecule has 1 aromatic carbocycles. The van der Waals surface area contributed by atoms with E-state index in [0.29, 0.717) is 19.5 Å². The van der Waals surface area contributed by atoms with Gasteiger partial charge in [0.05, 0.1) is 12.5 Å². The summed E-state index contributed by atoms with van der Waals surface area (Å²) in [7, 11) is 0. The monoisotopic (exact) mass is 231 g/mol. The summed E-state index contributed by atoms with van der Waals surface area (Å²) >= 11 is 0. The lowest BCUT2D eigenvalue weighted by Gasteiger charge is -2.20. The number of carbonyl (C=O) groups is 1. The van der Waals surface area contributed by atoms with Crippen molar-refractivity contribution in [3.8, 4) is 6.07 Å². The Morgan fingerprint density at radius 3 is 2.88 bits per heavy atom. The van der Waals surface area contributed by atoms with Gasteiger partial charge >= 0.3 is 6.03 Å². The Labute approximate surface area is 102 Å². The van der Waals surface area contributed by atoms with Crippen LogP contribution in [-0.2, 0) is 0 Å². The van der Waals surface area contributed by atoms with Crippen molar-refractivity contribution in [1.29, 1.82) is 5.26 Å². The Morgan fingerprint density at radius 1 is 1.53 bits per heavy atom. The second-order valence-electron chi connectivity index (χ2n) is 3.79. The molecule has 0 saturated heterocycles. The molecule has 90 valence electrons. The number of carbonyl (C=O) groups excluding carboxylic acids is 1. The van der Waals surface area contributed by atoms with Crippen molar-refractivity contribution in [2.24, 2.45) is 0 Å². The highest BCUT2D eigenvalue weighted by Gasteiger charge is 2.10. The van der Waals surface area contributed by atoms with Gasteiger partial charge in [0.1, 0.15) is 0 Å². The number of nitrogens with zero attached hydrogens (tertiary/aromatic N) is 2. The maximum atomic E-state index is 11.9. The fraction of sp³-hybridized carbons (Fsp3) is 0.385. The van der Waals surface area contributed by atoms with Gasteiger partial charge in [-0.05, 0) is 31.5 Å². The molecular weight excluding hydrogens is 214 g/mol. The Balaban J connectivity index is 2.61. The van der Waals surface area contributed by atoms with Crippen molar-refractivity contribution >= 4 is 11.7 Å². The largest absolute Gasteiger partial charge is 0.324 e. The quantitative estimate of drug-likeness (QED) is 0.866. The molecule has 0 aliphatic heterocycles. The summed E-state index contributed by atoms with van der Waals surface area (Å²) in [6.45, 7) is 4.93. The minimum Gasteiger partial charge on any atom is -0.324 e. The molecule has 0 spiro atoms. The molecule has 0 unspecified atom stereocenters. The molecule has 0 aliphatic rings. The van der Waals surface area contributed by atoms with E-state index in [4.69, 9.17) is 5.26 Å². The highest BCUT2D eigenvalue weighted by atomic mass is 16.2. The maximum absolute atomic E-state index is 11.9. The highest BCUT2D eigenvalue weighted by Crippen LogP contribution is 2.10. The van der Waals surface area contributed by atoms with Crippen molar-refractivity contribution in [3.63, 3.8) is 0 Å². The number of hydrogen-bond donors (Lipinski definition) is 1. The van der Waals surface area contributed by atoms with E-state index in [1.165, 1.54) is 0 Å². The molecule has 0 atom stereocenters. The molecule has 1 N–H and O–H groups in total. The summed E-state index contributed by atoms with van der Waals surface area (Å²) < 4.78 is 0. The Bertz CT molecular complexity index is 423. The number of nitrogens with one attached hydrogen (secondary N) is 1. The van der Waals surface area contributed by atoms with Crippen LogP contribution in [0, 0.1) is 18.3 Å². The molecule has 4 nitrogen and oxygen atoms in total. The summed E-state index contributed by atoms with van der Waals surface area (Å²) in [6.07, 6.45) is 0.356.